The fourth-order valence-electron chi connectivity index (χ4n) is 1.77. The molecule has 0 fully saturated rings. The van der Waals surface area contributed by atoms with Gasteiger partial charge >= 0.3 is 0 Å². The molecule has 0 aliphatic rings. The molecular weight excluding hydrogens is 330 g/mol. The van der Waals surface area contributed by atoms with Crippen molar-refractivity contribution in [2.24, 2.45) is 0 Å². The molecule has 1 heterocycles. The molecular formula is C13H15BrClN3O. The molecule has 0 saturated carbocycles. The van der Waals surface area contributed by atoms with Crippen LogP contribution in [0.3, 0.4) is 0 Å². The number of nitrogens with zero attached hydrogens (tertiary/aromatic N) is 2. The number of rotatable bonds is 5. The van der Waals surface area contributed by atoms with Crippen molar-refractivity contribution in [3.05, 3.63) is 33.6 Å². The van der Waals surface area contributed by atoms with Crippen molar-refractivity contribution in [1.29, 1.82) is 0 Å². The number of nitrogens with one attached hydrogen (secondary N) is 1. The highest BCUT2D eigenvalue weighted by Gasteiger charge is 2.16. The lowest BCUT2D eigenvalue weighted by atomic mass is 10.2. The van der Waals surface area contributed by atoms with Gasteiger partial charge in [0.15, 0.2) is 0 Å². The fraction of sp³-hybridized carbons (Fsp3) is 0.385. The van der Waals surface area contributed by atoms with Gasteiger partial charge in [0.05, 0.1) is 11.1 Å². The molecule has 1 unspecified atom stereocenters. The van der Waals surface area contributed by atoms with Crippen LogP contribution in [0, 0.1) is 0 Å². The molecule has 0 spiro atoms. The zero-order valence-electron chi connectivity index (χ0n) is 10.8. The first kappa shape index (κ1) is 14.5. The summed E-state index contributed by atoms with van der Waals surface area (Å²) in [7, 11) is 0. The van der Waals surface area contributed by atoms with Crippen molar-refractivity contribution >= 4 is 27.5 Å². The van der Waals surface area contributed by atoms with E-state index in [1.807, 2.05) is 12.1 Å². The van der Waals surface area contributed by atoms with Gasteiger partial charge in [-0.25, -0.2) is 0 Å². The largest absolute Gasteiger partial charge is 0.419 e. The van der Waals surface area contributed by atoms with Crippen LogP contribution in [0.1, 0.15) is 32.2 Å². The summed E-state index contributed by atoms with van der Waals surface area (Å²) in [5, 5.41) is 12.1. The maximum absolute atomic E-state index is 6.06. The van der Waals surface area contributed by atoms with Crippen LogP contribution in [-0.2, 0) is 0 Å². The Morgan fingerprint density at radius 2 is 2.16 bits per heavy atom. The summed E-state index contributed by atoms with van der Waals surface area (Å²) in [6.07, 6.45) is 0.899. The Bertz CT molecular complexity index is 559. The van der Waals surface area contributed by atoms with E-state index in [0.29, 0.717) is 16.8 Å². The van der Waals surface area contributed by atoms with Gasteiger partial charge in [0.25, 0.3) is 0 Å². The SMILES string of the molecule is CCNC(CC)c1nnc(-c2ccc(Br)c(Cl)c2)o1. The highest BCUT2D eigenvalue weighted by Crippen LogP contribution is 2.29. The smallest absolute Gasteiger partial charge is 0.247 e. The van der Waals surface area contributed by atoms with Crippen LogP contribution < -0.4 is 5.32 Å². The normalized spacial score (nSPS) is 12.6. The molecule has 0 saturated heterocycles. The Labute approximate surface area is 125 Å². The molecule has 19 heavy (non-hydrogen) atoms. The number of hydrogen-bond acceptors (Lipinski definition) is 4. The topological polar surface area (TPSA) is 51.0 Å². The molecule has 2 aromatic rings. The van der Waals surface area contributed by atoms with Gasteiger partial charge in [-0.05, 0) is 47.1 Å². The van der Waals surface area contributed by atoms with Crippen LogP contribution in [0.2, 0.25) is 5.02 Å². The van der Waals surface area contributed by atoms with Gasteiger partial charge in [-0.15, -0.1) is 10.2 Å². The molecule has 0 bridgehead atoms. The number of halogens is 2. The third-order valence-electron chi connectivity index (χ3n) is 2.76. The second-order valence-electron chi connectivity index (χ2n) is 4.09. The van der Waals surface area contributed by atoms with Crippen molar-refractivity contribution in [1.82, 2.24) is 15.5 Å². The number of hydrogen-bond donors (Lipinski definition) is 1. The Balaban J connectivity index is 2.27. The zero-order valence-corrected chi connectivity index (χ0v) is 13.1. The molecule has 2 rings (SSSR count). The quantitative estimate of drug-likeness (QED) is 0.882. The summed E-state index contributed by atoms with van der Waals surface area (Å²) in [6, 6.07) is 5.65. The van der Waals surface area contributed by atoms with E-state index in [2.05, 4.69) is 45.3 Å². The Kier molecular flexibility index (Phi) is 4.96. The van der Waals surface area contributed by atoms with Crippen molar-refractivity contribution in [3.63, 3.8) is 0 Å². The van der Waals surface area contributed by atoms with Gasteiger partial charge in [-0.2, -0.15) is 0 Å². The summed E-state index contributed by atoms with van der Waals surface area (Å²) in [4.78, 5) is 0. The number of benzene rings is 1. The predicted molar refractivity (Wildman–Crippen MR) is 79.2 cm³/mol. The number of aromatic nitrogens is 2. The second kappa shape index (κ2) is 6.50. The fourth-order valence-corrected chi connectivity index (χ4v) is 2.20. The lowest BCUT2D eigenvalue weighted by Gasteiger charge is -2.10. The van der Waals surface area contributed by atoms with Crippen molar-refractivity contribution in [2.45, 2.75) is 26.3 Å². The van der Waals surface area contributed by atoms with E-state index in [1.54, 1.807) is 6.07 Å². The van der Waals surface area contributed by atoms with Gasteiger partial charge < -0.3 is 9.73 Å². The van der Waals surface area contributed by atoms with E-state index in [1.165, 1.54) is 0 Å². The highest BCUT2D eigenvalue weighted by molar-refractivity contribution is 9.10. The van der Waals surface area contributed by atoms with Crippen molar-refractivity contribution in [2.75, 3.05) is 6.54 Å². The first-order valence-electron chi connectivity index (χ1n) is 6.17. The predicted octanol–water partition coefficient (Wildman–Crippen LogP) is 4.21. The Hall–Kier alpha value is -0.910. The minimum Gasteiger partial charge on any atom is -0.419 e. The summed E-state index contributed by atoms with van der Waals surface area (Å²) < 4.78 is 6.56. The Morgan fingerprint density at radius 1 is 1.37 bits per heavy atom. The maximum atomic E-state index is 6.06. The van der Waals surface area contributed by atoms with Gasteiger partial charge in [0.2, 0.25) is 11.8 Å². The maximum Gasteiger partial charge on any atom is 0.247 e. The molecule has 4 nitrogen and oxygen atoms in total. The van der Waals surface area contributed by atoms with Crippen LogP contribution in [0.25, 0.3) is 11.5 Å². The van der Waals surface area contributed by atoms with Crippen LogP contribution in [0.15, 0.2) is 27.1 Å². The van der Waals surface area contributed by atoms with Crippen LogP contribution in [0.5, 0.6) is 0 Å². The molecule has 6 heteroatoms. The molecule has 0 amide bonds. The molecule has 1 N–H and O–H groups in total. The van der Waals surface area contributed by atoms with Crippen LogP contribution in [0.4, 0.5) is 0 Å². The average Bonchev–Trinajstić information content (AvgIpc) is 2.88. The first-order valence-corrected chi connectivity index (χ1v) is 7.35. The molecule has 1 aromatic heterocycles. The second-order valence-corrected chi connectivity index (χ2v) is 5.35. The monoisotopic (exact) mass is 343 g/mol. The lowest BCUT2D eigenvalue weighted by molar-refractivity contribution is 0.402. The molecule has 102 valence electrons. The van der Waals surface area contributed by atoms with Gasteiger partial charge in [-0.1, -0.05) is 25.4 Å². The van der Waals surface area contributed by atoms with Gasteiger partial charge in [0, 0.05) is 10.0 Å². The molecule has 0 aliphatic carbocycles. The molecule has 0 radical (unpaired) electrons. The minimum atomic E-state index is 0.0946. The average molecular weight is 345 g/mol. The minimum absolute atomic E-state index is 0.0946. The Morgan fingerprint density at radius 3 is 2.79 bits per heavy atom. The van der Waals surface area contributed by atoms with Crippen molar-refractivity contribution in [3.8, 4) is 11.5 Å². The van der Waals surface area contributed by atoms with Gasteiger partial charge in [-0.3, -0.25) is 0 Å². The van der Waals surface area contributed by atoms with E-state index >= 15 is 0 Å². The van der Waals surface area contributed by atoms with Crippen LogP contribution >= 0.6 is 27.5 Å². The first-order chi connectivity index (χ1) is 9.15. The molecule has 1 atom stereocenters. The molecule has 1 aromatic carbocycles. The summed E-state index contributed by atoms with van der Waals surface area (Å²) in [5.41, 5.74) is 0.818. The summed E-state index contributed by atoms with van der Waals surface area (Å²) in [5.74, 6) is 1.10. The van der Waals surface area contributed by atoms with E-state index in [9.17, 15) is 0 Å². The molecule has 0 aliphatic heterocycles. The third kappa shape index (κ3) is 3.35. The summed E-state index contributed by atoms with van der Waals surface area (Å²) >= 11 is 9.41. The van der Waals surface area contributed by atoms with Gasteiger partial charge in [0.1, 0.15) is 0 Å². The standard InChI is InChI=1S/C13H15BrClN3O/c1-3-11(16-4-2)13-18-17-12(19-13)8-5-6-9(14)10(15)7-8/h5-7,11,16H,3-4H2,1-2H3. The highest BCUT2D eigenvalue weighted by atomic mass is 79.9. The van der Waals surface area contributed by atoms with Crippen LogP contribution in [-0.4, -0.2) is 16.7 Å². The lowest BCUT2D eigenvalue weighted by Crippen LogP contribution is -2.20. The van der Waals surface area contributed by atoms with E-state index in [-0.39, 0.29) is 6.04 Å². The van der Waals surface area contributed by atoms with E-state index in [4.69, 9.17) is 16.0 Å². The summed E-state index contributed by atoms with van der Waals surface area (Å²) in [6.45, 7) is 4.99. The van der Waals surface area contributed by atoms with Crippen molar-refractivity contribution < 1.29 is 4.42 Å². The third-order valence-corrected chi connectivity index (χ3v) is 4.00. The van der Waals surface area contributed by atoms with E-state index in [0.717, 1.165) is 23.0 Å². The zero-order chi connectivity index (χ0) is 13.8. The van der Waals surface area contributed by atoms with E-state index < -0.39 is 0 Å².